The minimum absolute atomic E-state index is 0.103. The summed E-state index contributed by atoms with van der Waals surface area (Å²) >= 11 is 0. The fourth-order valence-electron chi connectivity index (χ4n) is 2.86. The van der Waals surface area contributed by atoms with Crippen molar-refractivity contribution >= 4 is 22.7 Å². The summed E-state index contributed by atoms with van der Waals surface area (Å²) in [6.07, 6.45) is 0.640. The molecule has 6 nitrogen and oxygen atoms in total. The Balaban J connectivity index is 1.73. The molecule has 3 rings (SSSR count). The van der Waals surface area contributed by atoms with Crippen molar-refractivity contribution in [1.29, 1.82) is 5.26 Å². The first kappa shape index (κ1) is 17.7. The van der Waals surface area contributed by atoms with Crippen molar-refractivity contribution in [1.82, 2.24) is 15.2 Å². The number of nitrogens with zero attached hydrogens (tertiary/aromatic N) is 3. The van der Waals surface area contributed by atoms with Crippen molar-refractivity contribution in [2.24, 2.45) is 0 Å². The molecule has 2 heterocycles. The van der Waals surface area contributed by atoms with Gasteiger partial charge in [0, 0.05) is 18.0 Å². The molecule has 1 aliphatic rings. The predicted molar refractivity (Wildman–Crippen MR) is 84.7 cm³/mol. The summed E-state index contributed by atoms with van der Waals surface area (Å²) < 4.78 is 40.2. The van der Waals surface area contributed by atoms with Gasteiger partial charge in [0.05, 0.1) is 30.2 Å². The number of likely N-dealkylation sites (tertiary alicyclic amines) is 1. The zero-order valence-electron chi connectivity index (χ0n) is 13.4. The van der Waals surface area contributed by atoms with E-state index in [1.807, 2.05) is 0 Å². The van der Waals surface area contributed by atoms with Gasteiger partial charge in [-0.3, -0.25) is 14.6 Å². The van der Waals surface area contributed by atoms with Gasteiger partial charge in [-0.2, -0.15) is 5.26 Å². The van der Waals surface area contributed by atoms with Crippen LogP contribution in [0.1, 0.15) is 16.8 Å². The average Bonchev–Trinajstić information content (AvgIpc) is 2.93. The normalized spacial score (nSPS) is 18.5. The first-order chi connectivity index (χ1) is 12.3. The van der Waals surface area contributed by atoms with E-state index in [1.165, 1.54) is 24.4 Å². The van der Waals surface area contributed by atoms with Crippen LogP contribution in [-0.2, 0) is 4.79 Å². The molecule has 0 spiro atoms. The molecule has 0 bridgehead atoms. The summed E-state index contributed by atoms with van der Waals surface area (Å²) in [5.41, 5.74) is 0.500. The van der Waals surface area contributed by atoms with Gasteiger partial charge in [-0.05, 0) is 24.3 Å². The number of amides is 2. The van der Waals surface area contributed by atoms with Crippen LogP contribution < -0.4 is 5.32 Å². The van der Waals surface area contributed by atoms with Crippen molar-refractivity contribution in [3.63, 3.8) is 0 Å². The summed E-state index contributed by atoms with van der Waals surface area (Å²) in [5, 5.41) is 11.5. The highest BCUT2D eigenvalue weighted by atomic mass is 19.3. The number of fused-ring (bicyclic) bond motifs is 1. The number of benzene rings is 1. The Morgan fingerprint density at radius 1 is 1.38 bits per heavy atom. The van der Waals surface area contributed by atoms with Gasteiger partial charge in [-0.25, -0.2) is 13.2 Å². The summed E-state index contributed by atoms with van der Waals surface area (Å²) in [5.74, 6) is -5.13. The van der Waals surface area contributed by atoms with Crippen molar-refractivity contribution in [2.75, 3.05) is 13.1 Å². The minimum atomic E-state index is -3.13. The second kappa shape index (κ2) is 6.63. The topological polar surface area (TPSA) is 86.1 Å². The number of carbonyl (C=O) groups is 2. The average molecular weight is 362 g/mol. The molecule has 2 amide bonds. The van der Waals surface area contributed by atoms with Gasteiger partial charge in [0.25, 0.3) is 11.8 Å². The number of rotatable bonds is 3. The molecule has 0 aliphatic carbocycles. The molecule has 2 aromatic rings. The van der Waals surface area contributed by atoms with Gasteiger partial charge < -0.3 is 10.2 Å². The van der Waals surface area contributed by atoms with Gasteiger partial charge in [0.15, 0.2) is 0 Å². The van der Waals surface area contributed by atoms with Crippen LogP contribution in [0.15, 0.2) is 30.5 Å². The van der Waals surface area contributed by atoms with E-state index in [4.69, 9.17) is 5.26 Å². The van der Waals surface area contributed by atoms with Crippen LogP contribution in [0.4, 0.5) is 13.2 Å². The number of hydrogen-bond donors (Lipinski definition) is 1. The number of nitrogens with one attached hydrogen (secondary N) is 1. The number of halogens is 3. The number of nitriles is 1. The Labute approximate surface area is 146 Å². The van der Waals surface area contributed by atoms with Gasteiger partial charge in [0.2, 0.25) is 5.91 Å². The maximum atomic E-state index is 13.4. The van der Waals surface area contributed by atoms with E-state index < -0.39 is 49.1 Å². The lowest BCUT2D eigenvalue weighted by Crippen LogP contribution is -2.43. The molecule has 1 aromatic heterocycles. The first-order valence-corrected chi connectivity index (χ1v) is 7.70. The Morgan fingerprint density at radius 2 is 2.15 bits per heavy atom. The fourth-order valence-corrected chi connectivity index (χ4v) is 2.86. The Kier molecular flexibility index (Phi) is 4.50. The van der Waals surface area contributed by atoms with Crippen LogP contribution >= 0.6 is 0 Å². The number of alkyl halides is 2. The minimum Gasteiger partial charge on any atom is -0.343 e. The number of pyridine rings is 1. The van der Waals surface area contributed by atoms with E-state index in [1.54, 1.807) is 6.07 Å². The highest BCUT2D eigenvalue weighted by Gasteiger charge is 2.47. The SMILES string of the molecule is N#CC1CC(F)(F)CN1C(=O)CNC(=O)c1ccnc2ccc(F)cc12. The summed E-state index contributed by atoms with van der Waals surface area (Å²) in [4.78, 5) is 29.2. The molecule has 1 saturated heterocycles. The monoisotopic (exact) mass is 362 g/mol. The molecule has 9 heteroatoms. The van der Waals surface area contributed by atoms with E-state index in [9.17, 15) is 22.8 Å². The van der Waals surface area contributed by atoms with Gasteiger partial charge in [-0.15, -0.1) is 0 Å². The molecule has 1 aliphatic heterocycles. The van der Waals surface area contributed by atoms with Crippen LogP contribution in [0, 0.1) is 17.1 Å². The quantitative estimate of drug-likeness (QED) is 0.903. The number of hydrogen-bond acceptors (Lipinski definition) is 4. The molecule has 0 saturated carbocycles. The number of aromatic nitrogens is 1. The molecule has 1 N–H and O–H groups in total. The Hall–Kier alpha value is -3.15. The van der Waals surface area contributed by atoms with Crippen LogP contribution in [0.2, 0.25) is 0 Å². The molecule has 1 unspecified atom stereocenters. The third-order valence-corrected chi connectivity index (χ3v) is 4.09. The Bertz CT molecular complexity index is 926. The van der Waals surface area contributed by atoms with Gasteiger partial charge in [0.1, 0.15) is 11.9 Å². The maximum absolute atomic E-state index is 13.4. The molecule has 1 fully saturated rings. The van der Waals surface area contributed by atoms with Crippen molar-refractivity contribution < 1.29 is 22.8 Å². The predicted octanol–water partition coefficient (Wildman–Crippen LogP) is 1.86. The van der Waals surface area contributed by atoms with E-state index in [0.29, 0.717) is 5.52 Å². The van der Waals surface area contributed by atoms with Crippen molar-refractivity contribution in [2.45, 2.75) is 18.4 Å². The lowest BCUT2D eigenvalue weighted by Gasteiger charge is -2.19. The zero-order chi connectivity index (χ0) is 18.9. The standard InChI is InChI=1S/C17H13F3N4O2/c18-10-1-2-14-13(5-10)12(3-4-22-14)16(26)23-8-15(25)24-9-17(19,20)6-11(24)7-21/h1-5,11H,6,8-9H2,(H,23,26). The zero-order valence-corrected chi connectivity index (χ0v) is 13.4. The molecule has 0 radical (unpaired) electrons. The fraction of sp³-hybridized carbons (Fsp3) is 0.294. The molecule has 1 aromatic carbocycles. The summed E-state index contributed by atoms with van der Waals surface area (Å²) in [6, 6.07) is 5.56. The van der Waals surface area contributed by atoms with Gasteiger partial charge in [-0.1, -0.05) is 0 Å². The van der Waals surface area contributed by atoms with Crippen molar-refractivity contribution in [3.05, 3.63) is 41.8 Å². The van der Waals surface area contributed by atoms with Crippen LogP contribution in [0.3, 0.4) is 0 Å². The van der Waals surface area contributed by atoms with E-state index in [0.717, 1.165) is 11.0 Å². The molecule has 26 heavy (non-hydrogen) atoms. The van der Waals surface area contributed by atoms with Crippen LogP contribution in [0.5, 0.6) is 0 Å². The third-order valence-electron chi connectivity index (χ3n) is 4.09. The highest BCUT2D eigenvalue weighted by molar-refractivity contribution is 6.06. The summed E-state index contributed by atoms with van der Waals surface area (Å²) in [7, 11) is 0. The molecule has 1 atom stereocenters. The number of carbonyl (C=O) groups excluding carboxylic acids is 2. The van der Waals surface area contributed by atoms with E-state index in [2.05, 4.69) is 10.3 Å². The Morgan fingerprint density at radius 3 is 2.88 bits per heavy atom. The first-order valence-electron chi connectivity index (χ1n) is 7.70. The second-order valence-corrected chi connectivity index (χ2v) is 5.93. The van der Waals surface area contributed by atoms with Crippen LogP contribution in [0.25, 0.3) is 10.9 Å². The van der Waals surface area contributed by atoms with Crippen molar-refractivity contribution in [3.8, 4) is 6.07 Å². The maximum Gasteiger partial charge on any atom is 0.268 e. The molecular weight excluding hydrogens is 349 g/mol. The van der Waals surface area contributed by atoms with E-state index in [-0.39, 0.29) is 10.9 Å². The second-order valence-electron chi connectivity index (χ2n) is 5.93. The summed E-state index contributed by atoms with van der Waals surface area (Å²) in [6.45, 7) is -1.41. The van der Waals surface area contributed by atoms with E-state index >= 15 is 0 Å². The molecular formula is C17H13F3N4O2. The van der Waals surface area contributed by atoms with Crippen LogP contribution in [-0.4, -0.2) is 46.8 Å². The largest absolute Gasteiger partial charge is 0.343 e. The van der Waals surface area contributed by atoms with Gasteiger partial charge >= 0.3 is 0 Å². The molecule has 134 valence electrons. The lowest BCUT2D eigenvalue weighted by atomic mass is 10.1. The third kappa shape index (κ3) is 3.44. The smallest absolute Gasteiger partial charge is 0.268 e. The highest BCUT2D eigenvalue weighted by Crippen LogP contribution is 2.31. The lowest BCUT2D eigenvalue weighted by molar-refractivity contribution is -0.131.